The predicted molar refractivity (Wildman–Crippen MR) is 73.2 cm³/mol. The zero-order chi connectivity index (χ0) is 12.7. The van der Waals surface area contributed by atoms with E-state index in [-0.39, 0.29) is 5.91 Å². The van der Waals surface area contributed by atoms with Gasteiger partial charge in [-0.3, -0.25) is 4.79 Å². The maximum atomic E-state index is 12.2. The Labute approximate surface area is 117 Å². The topological polar surface area (TPSA) is 29.1 Å². The highest BCUT2D eigenvalue weighted by molar-refractivity contribution is 6.36. The lowest BCUT2D eigenvalue weighted by Crippen LogP contribution is -2.38. The van der Waals surface area contributed by atoms with Crippen molar-refractivity contribution >= 4 is 29.1 Å². The van der Waals surface area contributed by atoms with Crippen LogP contribution in [0, 0.1) is 11.8 Å². The molecule has 2 saturated carbocycles. The largest absolute Gasteiger partial charge is 0.349 e. The van der Waals surface area contributed by atoms with E-state index >= 15 is 0 Å². The van der Waals surface area contributed by atoms with Crippen LogP contribution < -0.4 is 5.32 Å². The van der Waals surface area contributed by atoms with Crippen LogP contribution in [0.2, 0.25) is 10.0 Å². The predicted octanol–water partition coefficient (Wildman–Crippen LogP) is 3.91. The van der Waals surface area contributed by atoms with Crippen LogP contribution in [0.3, 0.4) is 0 Å². The minimum Gasteiger partial charge on any atom is -0.349 e. The van der Waals surface area contributed by atoms with Gasteiger partial charge in [0.05, 0.1) is 10.6 Å². The summed E-state index contributed by atoms with van der Waals surface area (Å²) in [6, 6.07) is 5.33. The number of hydrogen-bond acceptors (Lipinski definition) is 1. The molecule has 0 saturated heterocycles. The van der Waals surface area contributed by atoms with Crippen LogP contribution in [-0.4, -0.2) is 11.9 Å². The molecule has 3 unspecified atom stereocenters. The first-order valence-corrected chi connectivity index (χ1v) is 7.15. The van der Waals surface area contributed by atoms with Crippen molar-refractivity contribution in [2.45, 2.75) is 31.7 Å². The van der Waals surface area contributed by atoms with E-state index < -0.39 is 0 Å². The minimum atomic E-state index is -0.0748. The lowest BCUT2D eigenvalue weighted by Gasteiger charge is -2.23. The smallest absolute Gasteiger partial charge is 0.253 e. The highest BCUT2D eigenvalue weighted by Crippen LogP contribution is 2.44. The molecule has 1 aromatic carbocycles. The monoisotopic (exact) mass is 283 g/mol. The van der Waals surface area contributed by atoms with Gasteiger partial charge >= 0.3 is 0 Å². The molecule has 0 heterocycles. The third-order valence-corrected chi connectivity index (χ3v) is 4.78. The van der Waals surface area contributed by atoms with E-state index in [2.05, 4.69) is 5.32 Å². The summed E-state index contributed by atoms with van der Waals surface area (Å²) in [4.78, 5) is 12.2. The molecule has 96 valence electrons. The number of benzene rings is 1. The standard InChI is InChI=1S/C14H15Cl2NO/c15-10-3-4-11(12(16)7-10)14(18)17-13-6-8-1-2-9(13)5-8/h3-4,7-9,13H,1-2,5-6H2,(H,17,18). The Morgan fingerprint density at radius 3 is 2.67 bits per heavy atom. The van der Waals surface area contributed by atoms with E-state index in [0.717, 1.165) is 12.3 Å². The van der Waals surface area contributed by atoms with E-state index in [9.17, 15) is 4.79 Å². The summed E-state index contributed by atoms with van der Waals surface area (Å²) in [5, 5.41) is 4.09. The summed E-state index contributed by atoms with van der Waals surface area (Å²) >= 11 is 11.9. The molecule has 3 rings (SSSR count). The molecule has 1 amide bonds. The number of hydrogen-bond donors (Lipinski definition) is 1. The van der Waals surface area contributed by atoms with Gasteiger partial charge in [0.2, 0.25) is 0 Å². The lowest BCUT2D eigenvalue weighted by molar-refractivity contribution is 0.0923. The van der Waals surface area contributed by atoms with Crippen LogP contribution in [-0.2, 0) is 0 Å². The number of halogens is 2. The van der Waals surface area contributed by atoms with Crippen molar-refractivity contribution in [3.63, 3.8) is 0 Å². The maximum Gasteiger partial charge on any atom is 0.253 e. The van der Waals surface area contributed by atoms with Gasteiger partial charge in [0.1, 0.15) is 0 Å². The third-order valence-electron chi connectivity index (χ3n) is 4.23. The van der Waals surface area contributed by atoms with Crippen molar-refractivity contribution in [2.24, 2.45) is 11.8 Å². The lowest BCUT2D eigenvalue weighted by atomic mass is 9.95. The molecule has 0 spiro atoms. The van der Waals surface area contributed by atoms with Crippen molar-refractivity contribution in [3.05, 3.63) is 33.8 Å². The van der Waals surface area contributed by atoms with Crippen LogP contribution in [0.1, 0.15) is 36.0 Å². The second kappa shape index (κ2) is 4.75. The first kappa shape index (κ1) is 12.3. The van der Waals surface area contributed by atoms with Crippen LogP contribution in [0.25, 0.3) is 0 Å². The molecule has 2 aliphatic rings. The van der Waals surface area contributed by atoms with E-state index in [0.29, 0.717) is 27.6 Å². The van der Waals surface area contributed by atoms with Crippen molar-refractivity contribution in [1.82, 2.24) is 5.32 Å². The third kappa shape index (κ3) is 2.24. The van der Waals surface area contributed by atoms with Gasteiger partial charge in [0.25, 0.3) is 5.91 Å². The molecule has 3 atom stereocenters. The first-order valence-electron chi connectivity index (χ1n) is 6.39. The molecule has 18 heavy (non-hydrogen) atoms. The Kier molecular flexibility index (Phi) is 3.25. The summed E-state index contributed by atoms with van der Waals surface area (Å²) in [6.07, 6.45) is 4.99. The van der Waals surface area contributed by atoms with Gasteiger partial charge in [-0.15, -0.1) is 0 Å². The highest BCUT2D eigenvalue weighted by Gasteiger charge is 2.40. The Hall–Kier alpha value is -0.730. The fourth-order valence-electron chi connectivity index (χ4n) is 3.34. The molecule has 0 radical (unpaired) electrons. The zero-order valence-electron chi connectivity index (χ0n) is 9.96. The molecule has 2 fully saturated rings. The molecule has 2 bridgehead atoms. The van der Waals surface area contributed by atoms with E-state index in [1.165, 1.54) is 19.3 Å². The van der Waals surface area contributed by atoms with Crippen LogP contribution in [0.15, 0.2) is 18.2 Å². The summed E-state index contributed by atoms with van der Waals surface area (Å²) in [5.74, 6) is 1.42. The molecule has 1 N–H and O–H groups in total. The van der Waals surface area contributed by atoms with E-state index in [1.54, 1.807) is 18.2 Å². The van der Waals surface area contributed by atoms with E-state index in [1.807, 2.05) is 0 Å². The van der Waals surface area contributed by atoms with Crippen molar-refractivity contribution in [2.75, 3.05) is 0 Å². The van der Waals surface area contributed by atoms with Gasteiger partial charge in [0.15, 0.2) is 0 Å². The number of amides is 1. The second-order valence-corrected chi connectivity index (χ2v) is 6.22. The van der Waals surface area contributed by atoms with Crippen LogP contribution in [0.5, 0.6) is 0 Å². The second-order valence-electron chi connectivity index (χ2n) is 5.38. The van der Waals surface area contributed by atoms with Gasteiger partial charge in [0, 0.05) is 11.1 Å². The molecule has 4 heteroatoms. The molecule has 1 aromatic rings. The number of carbonyl (C=O) groups excluding carboxylic acids is 1. The average molecular weight is 284 g/mol. The Balaban J connectivity index is 1.71. The Morgan fingerprint density at radius 1 is 1.22 bits per heavy atom. The van der Waals surface area contributed by atoms with Crippen molar-refractivity contribution in [3.8, 4) is 0 Å². The highest BCUT2D eigenvalue weighted by atomic mass is 35.5. The molecule has 0 aliphatic heterocycles. The minimum absolute atomic E-state index is 0.0748. The Morgan fingerprint density at radius 2 is 2.06 bits per heavy atom. The Bertz CT molecular complexity index is 489. The number of carbonyl (C=O) groups is 1. The quantitative estimate of drug-likeness (QED) is 0.876. The van der Waals surface area contributed by atoms with Crippen LogP contribution in [0.4, 0.5) is 0 Å². The van der Waals surface area contributed by atoms with Crippen molar-refractivity contribution < 1.29 is 4.79 Å². The normalized spacial score (nSPS) is 29.6. The maximum absolute atomic E-state index is 12.2. The first-order chi connectivity index (χ1) is 8.63. The van der Waals surface area contributed by atoms with Crippen molar-refractivity contribution in [1.29, 1.82) is 0 Å². The average Bonchev–Trinajstić information content (AvgIpc) is 2.90. The summed E-state index contributed by atoms with van der Waals surface area (Å²) < 4.78 is 0. The number of fused-ring (bicyclic) bond motifs is 2. The summed E-state index contributed by atoms with van der Waals surface area (Å²) in [7, 11) is 0. The molecule has 2 aliphatic carbocycles. The fraction of sp³-hybridized carbons (Fsp3) is 0.500. The molecular weight excluding hydrogens is 269 g/mol. The van der Waals surface area contributed by atoms with Gasteiger partial charge in [-0.1, -0.05) is 29.6 Å². The van der Waals surface area contributed by atoms with Gasteiger partial charge in [-0.05, 0) is 49.3 Å². The van der Waals surface area contributed by atoms with Gasteiger partial charge < -0.3 is 5.32 Å². The summed E-state index contributed by atoms with van der Waals surface area (Å²) in [6.45, 7) is 0. The van der Waals surface area contributed by atoms with Crippen LogP contribution >= 0.6 is 23.2 Å². The molecule has 0 aromatic heterocycles. The molecule has 2 nitrogen and oxygen atoms in total. The van der Waals surface area contributed by atoms with Gasteiger partial charge in [-0.25, -0.2) is 0 Å². The molecular formula is C14H15Cl2NO. The zero-order valence-corrected chi connectivity index (χ0v) is 11.5. The summed E-state index contributed by atoms with van der Waals surface area (Å²) in [5.41, 5.74) is 0.517. The SMILES string of the molecule is O=C(NC1CC2CCC1C2)c1ccc(Cl)cc1Cl. The fourth-order valence-corrected chi connectivity index (χ4v) is 3.84. The van der Waals surface area contributed by atoms with E-state index in [4.69, 9.17) is 23.2 Å². The van der Waals surface area contributed by atoms with Gasteiger partial charge in [-0.2, -0.15) is 0 Å². The number of rotatable bonds is 2. The number of nitrogens with one attached hydrogen (secondary N) is 1.